The van der Waals surface area contributed by atoms with Crippen LogP contribution in [-0.2, 0) is 0 Å². The summed E-state index contributed by atoms with van der Waals surface area (Å²) in [6.07, 6.45) is 1.42. The lowest BCUT2D eigenvalue weighted by atomic mass is 10.0. The normalized spacial score (nSPS) is 47.7. The van der Waals surface area contributed by atoms with E-state index < -0.39 is 0 Å². The molecule has 0 amide bonds. The van der Waals surface area contributed by atoms with Crippen LogP contribution in [0.5, 0.6) is 0 Å². The number of nitrogens with one attached hydrogen (secondary N) is 1. The minimum atomic E-state index is 0.868. The Morgan fingerprint density at radius 3 is 2.64 bits per heavy atom. The summed E-state index contributed by atoms with van der Waals surface area (Å²) >= 11 is 0. The molecule has 64 valence electrons. The minimum absolute atomic E-state index is 0.868. The van der Waals surface area contributed by atoms with E-state index >= 15 is 0 Å². The van der Waals surface area contributed by atoms with Crippen molar-refractivity contribution in [3.63, 3.8) is 0 Å². The molecule has 0 bridgehead atoms. The first-order valence-electron chi connectivity index (χ1n) is 4.66. The Balaban J connectivity index is 2.20. The Labute approximate surface area is 69.2 Å². The molecule has 2 heterocycles. The molecule has 2 rings (SSSR count). The monoisotopic (exact) mass is 155 g/mol. The number of fused-ring (bicyclic) bond motifs is 1. The molecule has 0 aromatic carbocycles. The van der Waals surface area contributed by atoms with E-state index in [4.69, 9.17) is 0 Å². The van der Waals surface area contributed by atoms with Crippen molar-refractivity contribution >= 4 is 0 Å². The van der Waals surface area contributed by atoms with E-state index in [1.807, 2.05) is 0 Å². The fourth-order valence-electron chi connectivity index (χ4n) is 2.78. The molecule has 0 aromatic heterocycles. The Kier molecular flexibility index (Phi) is 1.52. The molecule has 2 aliphatic rings. The summed E-state index contributed by atoms with van der Waals surface area (Å²) < 4.78 is 1.23. The minimum Gasteiger partial charge on any atom is -0.323 e. The maximum atomic E-state index is 3.48. The predicted molar refractivity (Wildman–Crippen MR) is 46.3 cm³/mol. The maximum Gasteiger partial charge on any atom is 0.106 e. The lowest BCUT2D eigenvalue weighted by Gasteiger charge is -2.35. The van der Waals surface area contributed by atoms with Gasteiger partial charge in [-0.1, -0.05) is 0 Å². The van der Waals surface area contributed by atoms with E-state index in [1.54, 1.807) is 0 Å². The highest BCUT2D eigenvalue weighted by atomic mass is 15.4. The Morgan fingerprint density at radius 1 is 1.27 bits per heavy atom. The van der Waals surface area contributed by atoms with Crippen LogP contribution in [0.15, 0.2) is 0 Å². The van der Waals surface area contributed by atoms with Crippen molar-refractivity contribution in [1.82, 2.24) is 5.32 Å². The van der Waals surface area contributed by atoms with Gasteiger partial charge in [0, 0.05) is 25.4 Å². The molecule has 11 heavy (non-hydrogen) atoms. The van der Waals surface area contributed by atoms with Crippen LogP contribution in [0.2, 0.25) is 0 Å². The first-order valence-corrected chi connectivity index (χ1v) is 4.66. The second-order valence-corrected chi connectivity index (χ2v) is 4.70. The van der Waals surface area contributed by atoms with Crippen molar-refractivity contribution in [2.45, 2.75) is 25.4 Å². The highest BCUT2D eigenvalue weighted by Crippen LogP contribution is 2.35. The van der Waals surface area contributed by atoms with Crippen molar-refractivity contribution < 1.29 is 4.48 Å². The van der Waals surface area contributed by atoms with Crippen LogP contribution in [0.3, 0.4) is 0 Å². The van der Waals surface area contributed by atoms with Crippen LogP contribution in [0.25, 0.3) is 0 Å². The molecule has 0 aliphatic carbocycles. The molecule has 2 saturated heterocycles. The van der Waals surface area contributed by atoms with Gasteiger partial charge in [-0.25, -0.2) is 0 Å². The molecule has 2 nitrogen and oxygen atoms in total. The van der Waals surface area contributed by atoms with Crippen LogP contribution in [-0.4, -0.2) is 43.8 Å². The average Bonchev–Trinajstić information content (AvgIpc) is 2.41. The van der Waals surface area contributed by atoms with Crippen LogP contribution >= 0.6 is 0 Å². The van der Waals surface area contributed by atoms with Gasteiger partial charge < -0.3 is 9.80 Å². The van der Waals surface area contributed by atoms with Gasteiger partial charge in [0.15, 0.2) is 0 Å². The molecule has 0 radical (unpaired) electrons. The van der Waals surface area contributed by atoms with Gasteiger partial charge in [0.1, 0.15) is 6.04 Å². The predicted octanol–water partition coefficient (Wildman–Crippen LogP) is 0.443. The highest BCUT2D eigenvalue weighted by molar-refractivity contribution is 4.89. The SMILES string of the molecule is CC1CC2CNCC2[N+]1(C)C. The molecule has 0 spiro atoms. The van der Waals surface area contributed by atoms with Gasteiger partial charge in [-0.05, 0) is 6.92 Å². The zero-order valence-electron chi connectivity index (χ0n) is 7.80. The van der Waals surface area contributed by atoms with Gasteiger partial charge in [-0.15, -0.1) is 0 Å². The topological polar surface area (TPSA) is 12.0 Å². The van der Waals surface area contributed by atoms with Crippen LogP contribution in [0, 0.1) is 5.92 Å². The molecule has 0 saturated carbocycles. The molecule has 2 aliphatic heterocycles. The Hall–Kier alpha value is -0.0800. The van der Waals surface area contributed by atoms with Crippen LogP contribution in [0.4, 0.5) is 0 Å². The first-order chi connectivity index (χ1) is 5.12. The van der Waals surface area contributed by atoms with Gasteiger partial charge in [-0.2, -0.15) is 0 Å². The van der Waals surface area contributed by atoms with E-state index in [-0.39, 0.29) is 0 Å². The van der Waals surface area contributed by atoms with Gasteiger partial charge in [0.2, 0.25) is 0 Å². The number of quaternary nitrogens is 1. The summed E-state index contributed by atoms with van der Waals surface area (Å²) in [5.41, 5.74) is 0. The van der Waals surface area contributed by atoms with E-state index in [0.29, 0.717) is 0 Å². The smallest absolute Gasteiger partial charge is 0.106 e. The molecular formula is C9H19N2+. The first kappa shape index (κ1) is 7.56. The number of hydrogen-bond donors (Lipinski definition) is 1. The zero-order chi connectivity index (χ0) is 8.06. The van der Waals surface area contributed by atoms with E-state index in [1.165, 1.54) is 24.0 Å². The fourth-order valence-corrected chi connectivity index (χ4v) is 2.78. The summed E-state index contributed by atoms with van der Waals surface area (Å²) in [5, 5.41) is 3.48. The summed E-state index contributed by atoms with van der Waals surface area (Å²) in [6, 6.07) is 1.76. The lowest BCUT2D eigenvalue weighted by molar-refractivity contribution is -0.922. The van der Waals surface area contributed by atoms with Crippen molar-refractivity contribution in [1.29, 1.82) is 0 Å². The summed E-state index contributed by atoms with van der Waals surface area (Å²) in [7, 11) is 4.75. The van der Waals surface area contributed by atoms with Gasteiger partial charge in [-0.3, -0.25) is 0 Å². The lowest BCUT2D eigenvalue weighted by Crippen LogP contribution is -2.51. The second-order valence-electron chi connectivity index (χ2n) is 4.70. The molecule has 2 fully saturated rings. The largest absolute Gasteiger partial charge is 0.323 e. The van der Waals surface area contributed by atoms with Crippen molar-refractivity contribution in [2.24, 2.45) is 5.92 Å². The average molecular weight is 155 g/mol. The highest BCUT2D eigenvalue weighted by Gasteiger charge is 2.49. The third-order valence-corrected chi connectivity index (χ3v) is 3.94. The van der Waals surface area contributed by atoms with Gasteiger partial charge in [0.25, 0.3) is 0 Å². The maximum absolute atomic E-state index is 3.48. The fraction of sp³-hybridized carbons (Fsp3) is 1.00. The van der Waals surface area contributed by atoms with Crippen LogP contribution < -0.4 is 5.32 Å². The molecule has 3 atom stereocenters. The van der Waals surface area contributed by atoms with Gasteiger partial charge >= 0.3 is 0 Å². The standard InChI is InChI=1S/C9H19N2/c1-7-4-8-5-10-6-9(8)11(7,2)3/h7-10H,4-6H2,1-3H3/q+1. The number of hydrogen-bond acceptors (Lipinski definition) is 1. The van der Waals surface area contributed by atoms with Crippen molar-refractivity contribution in [3.8, 4) is 0 Å². The number of likely N-dealkylation sites (tertiary alicyclic amines) is 1. The zero-order valence-corrected chi connectivity index (χ0v) is 7.80. The summed E-state index contributed by atoms with van der Waals surface area (Å²) in [5.74, 6) is 0.958. The molecule has 2 heteroatoms. The summed E-state index contributed by atoms with van der Waals surface area (Å²) in [4.78, 5) is 0. The second kappa shape index (κ2) is 2.20. The number of nitrogens with zero attached hydrogens (tertiary/aromatic N) is 1. The molecule has 1 N–H and O–H groups in total. The molecule has 3 unspecified atom stereocenters. The number of likely N-dealkylation sites (N-methyl/N-ethyl adjacent to an activating group) is 1. The summed E-state index contributed by atoms with van der Waals surface area (Å²) in [6.45, 7) is 4.89. The molecule has 0 aromatic rings. The van der Waals surface area contributed by atoms with Crippen molar-refractivity contribution in [3.05, 3.63) is 0 Å². The quantitative estimate of drug-likeness (QED) is 0.501. The van der Waals surface area contributed by atoms with Crippen molar-refractivity contribution in [2.75, 3.05) is 27.2 Å². The Morgan fingerprint density at radius 2 is 2.00 bits per heavy atom. The number of rotatable bonds is 0. The van der Waals surface area contributed by atoms with Gasteiger partial charge in [0.05, 0.1) is 20.1 Å². The van der Waals surface area contributed by atoms with E-state index in [0.717, 1.165) is 18.0 Å². The van der Waals surface area contributed by atoms with Crippen LogP contribution in [0.1, 0.15) is 13.3 Å². The Bertz CT molecular complexity index is 165. The third-order valence-electron chi connectivity index (χ3n) is 3.94. The third kappa shape index (κ3) is 0.926. The molecular weight excluding hydrogens is 136 g/mol. The van der Waals surface area contributed by atoms with E-state index in [9.17, 15) is 0 Å². The van der Waals surface area contributed by atoms with E-state index in [2.05, 4.69) is 26.3 Å².